The minimum Gasteiger partial charge on any atom is -0.322 e. The number of aromatic nitrogens is 3. The van der Waals surface area contributed by atoms with Gasteiger partial charge in [0.05, 0.1) is 11.7 Å². The van der Waals surface area contributed by atoms with Crippen molar-refractivity contribution < 1.29 is 4.79 Å². The molecule has 1 amide bonds. The van der Waals surface area contributed by atoms with Crippen LogP contribution in [0.3, 0.4) is 0 Å². The number of amides is 1. The topological polar surface area (TPSA) is 85.8 Å². The van der Waals surface area contributed by atoms with Gasteiger partial charge in [0.25, 0.3) is 0 Å². The largest absolute Gasteiger partial charge is 0.322 e. The van der Waals surface area contributed by atoms with Crippen molar-refractivity contribution in [1.82, 2.24) is 14.8 Å². The van der Waals surface area contributed by atoms with Crippen molar-refractivity contribution in [3.63, 3.8) is 0 Å². The van der Waals surface area contributed by atoms with Crippen molar-refractivity contribution in [3.8, 4) is 5.82 Å². The number of rotatable bonds is 4. The zero-order valence-corrected chi connectivity index (χ0v) is 12.5. The molecule has 20 heavy (non-hydrogen) atoms. The first-order valence-electron chi connectivity index (χ1n) is 5.74. The molecule has 0 aliphatic heterocycles. The Kier molecular flexibility index (Phi) is 7.83. The molecule has 8 heteroatoms. The molecule has 0 spiro atoms. The van der Waals surface area contributed by atoms with E-state index in [0.717, 1.165) is 0 Å². The van der Waals surface area contributed by atoms with Crippen molar-refractivity contribution in [2.75, 3.05) is 5.32 Å². The fraction of sp³-hybridized carbons (Fsp3) is 0.250. The van der Waals surface area contributed by atoms with Gasteiger partial charge in [0.15, 0.2) is 5.82 Å². The quantitative estimate of drug-likeness (QED) is 0.900. The predicted octanol–water partition coefficient (Wildman–Crippen LogP) is 1.79. The molecule has 0 saturated heterocycles. The van der Waals surface area contributed by atoms with Gasteiger partial charge in [-0.1, -0.05) is 6.92 Å². The van der Waals surface area contributed by atoms with Crippen LogP contribution in [0.15, 0.2) is 36.8 Å². The van der Waals surface area contributed by atoms with E-state index < -0.39 is 6.04 Å². The lowest BCUT2D eigenvalue weighted by molar-refractivity contribution is -0.117. The summed E-state index contributed by atoms with van der Waals surface area (Å²) in [6.45, 7) is 1.86. The number of nitrogens with one attached hydrogen (secondary N) is 1. The van der Waals surface area contributed by atoms with Crippen LogP contribution in [-0.4, -0.2) is 26.7 Å². The summed E-state index contributed by atoms with van der Waals surface area (Å²) >= 11 is 0. The zero-order valence-electron chi connectivity index (χ0n) is 10.9. The highest BCUT2D eigenvalue weighted by Gasteiger charge is 2.14. The van der Waals surface area contributed by atoms with E-state index in [1.165, 1.54) is 0 Å². The predicted molar refractivity (Wildman–Crippen MR) is 82.8 cm³/mol. The third-order valence-corrected chi connectivity index (χ3v) is 2.54. The Labute approximate surface area is 129 Å². The fourth-order valence-electron chi connectivity index (χ4n) is 1.48. The number of carbonyl (C=O) groups excluding carboxylic acids is 1. The number of nitrogens with zero attached hydrogens (tertiary/aromatic N) is 3. The van der Waals surface area contributed by atoms with Gasteiger partial charge in [-0.15, -0.1) is 24.8 Å². The lowest BCUT2D eigenvalue weighted by Gasteiger charge is -2.12. The maximum atomic E-state index is 11.8. The standard InChI is InChI=1S/C12H15N5O.2ClH/c1-2-9(13)12(18)16-10-5-3-6-14-11(10)17-8-4-7-15-17;;/h3-9H,2,13H2,1H3,(H,16,18);2*1H/t9-;;/m0../s1. The molecule has 3 N–H and O–H groups in total. The van der Waals surface area contributed by atoms with Crippen LogP contribution in [-0.2, 0) is 4.79 Å². The Morgan fingerprint density at radius 3 is 2.75 bits per heavy atom. The molecule has 2 heterocycles. The van der Waals surface area contributed by atoms with Crippen LogP contribution in [0.1, 0.15) is 13.3 Å². The monoisotopic (exact) mass is 317 g/mol. The van der Waals surface area contributed by atoms with E-state index >= 15 is 0 Å². The van der Waals surface area contributed by atoms with Crippen LogP contribution < -0.4 is 11.1 Å². The Hall–Kier alpha value is -1.63. The molecule has 2 aromatic heterocycles. The van der Waals surface area contributed by atoms with Crippen molar-refractivity contribution >= 4 is 36.4 Å². The maximum absolute atomic E-state index is 11.8. The van der Waals surface area contributed by atoms with Gasteiger partial charge >= 0.3 is 0 Å². The summed E-state index contributed by atoms with van der Waals surface area (Å²) in [6, 6.07) is 4.79. The molecule has 0 aromatic carbocycles. The highest BCUT2D eigenvalue weighted by Crippen LogP contribution is 2.16. The molecule has 6 nitrogen and oxygen atoms in total. The van der Waals surface area contributed by atoms with Crippen LogP contribution in [0.4, 0.5) is 5.69 Å². The smallest absolute Gasteiger partial charge is 0.241 e. The first-order valence-corrected chi connectivity index (χ1v) is 5.74. The second-order valence-electron chi connectivity index (χ2n) is 3.83. The fourth-order valence-corrected chi connectivity index (χ4v) is 1.48. The van der Waals surface area contributed by atoms with Crippen LogP contribution in [0, 0.1) is 0 Å². The molecular formula is C12H17Cl2N5O. The summed E-state index contributed by atoms with van der Waals surface area (Å²) in [4.78, 5) is 16.0. The van der Waals surface area contributed by atoms with Gasteiger partial charge in [0.1, 0.15) is 0 Å². The number of carbonyl (C=O) groups is 1. The first kappa shape index (κ1) is 18.4. The van der Waals surface area contributed by atoms with Gasteiger partial charge < -0.3 is 11.1 Å². The summed E-state index contributed by atoms with van der Waals surface area (Å²) < 4.78 is 1.59. The molecule has 2 rings (SSSR count). The Balaban J connectivity index is 0.00000180. The third kappa shape index (κ3) is 4.19. The van der Waals surface area contributed by atoms with E-state index in [0.29, 0.717) is 17.9 Å². The van der Waals surface area contributed by atoms with Gasteiger partial charge in [-0.2, -0.15) is 5.10 Å². The average Bonchev–Trinajstić information content (AvgIpc) is 2.92. The number of nitrogens with two attached hydrogens (primary N) is 1. The van der Waals surface area contributed by atoms with Gasteiger partial charge in [0, 0.05) is 18.6 Å². The number of hydrogen-bond acceptors (Lipinski definition) is 4. The van der Waals surface area contributed by atoms with Gasteiger partial charge in [-0.05, 0) is 24.6 Å². The maximum Gasteiger partial charge on any atom is 0.241 e. The Morgan fingerprint density at radius 1 is 1.40 bits per heavy atom. The van der Waals surface area contributed by atoms with Crippen molar-refractivity contribution in [1.29, 1.82) is 0 Å². The van der Waals surface area contributed by atoms with Crippen molar-refractivity contribution in [2.24, 2.45) is 5.73 Å². The van der Waals surface area contributed by atoms with E-state index in [-0.39, 0.29) is 30.7 Å². The minimum atomic E-state index is -0.518. The molecule has 1 atom stereocenters. The molecule has 0 aliphatic rings. The summed E-state index contributed by atoms with van der Waals surface area (Å²) in [7, 11) is 0. The second kappa shape index (κ2) is 8.52. The SMILES string of the molecule is CC[C@H](N)C(=O)Nc1cccnc1-n1cccn1.Cl.Cl. The molecule has 110 valence electrons. The zero-order chi connectivity index (χ0) is 13.0. The average molecular weight is 318 g/mol. The van der Waals surface area contributed by atoms with Crippen molar-refractivity contribution in [3.05, 3.63) is 36.8 Å². The van der Waals surface area contributed by atoms with E-state index in [2.05, 4.69) is 15.4 Å². The third-order valence-electron chi connectivity index (χ3n) is 2.54. The molecule has 0 unspecified atom stereocenters. The molecule has 0 saturated carbocycles. The van der Waals surface area contributed by atoms with E-state index in [4.69, 9.17) is 5.73 Å². The molecular weight excluding hydrogens is 301 g/mol. The summed E-state index contributed by atoms with van der Waals surface area (Å²) in [5, 5.41) is 6.85. The summed E-state index contributed by atoms with van der Waals surface area (Å²) in [5.74, 6) is 0.345. The van der Waals surface area contributed by atoms with E-state index in [1.807, 2.05) is 6.92 Å². The number of pyridine rings is 1. The highest BCUT2D eigenvalue weighted by molar-refractivity contribution is 5.95. The molecule has 0 aliphatic carbocycles. The number of hydrogen-bond donors (Lipinski definition) is 2. The van der Waals surface area contributed by atoms with E-state index in [9.17, 15) is 4.79 Å². The van der Waals surface area contributed by atoms with E-state index in [1.54, 1.807) is 41.5 Å². The first-order chi connectivity index (χ1) is 8.72. The molecule has 0 radical (unpaired) electrons. The summed E-state index contributed by atoms with van der Waals surface area (Å²) in [6.07, 6.45) is 5.64. The van der Waals surface area contributed by atoms with Gasteiger partial charge in [0.2, 0.25) is 5.91 Å². The van der Waals surface area contributed by atoms with Crippen LogP contribution >= 0.6 is 24.8 Å². The minimum absolute atomic E-state index is 0. The van der Waals surface area contributed by atoms with Crippen LogP contribution in [0.5, 0.6) is 0 Å². The van der Waals surface area contributed by atoms with Crippen molar-refractivity contribution in [2.45, 2.75) is 19.4 Å². The summed E-state index contributed by atoms with van der Waals surface area (Å²) in [5.41, 5.74) is 6.27. The van der Waals surface area contributed by atoms with Crippen LogP contribution in [0.2, 0.25) is 0 Å². The lowest BCUT2D eigenvalue weighted by atomic mass is 10.2. The van der Waals surface area contributed by atoms with Crippen LogP contribution in [0.25, 0.3) is 5.82 Å². The van der Waals surface area contributed by atoms with Gasteiger partial charge in [-0.3, -0.25) is 4.79 Å². The molecule has 0 bridgehead atoms. The highest BCUT2D eigenvalue weighted by atomic mass is 35.5. The second-order valence-corrected chi connectivity index (χ2v) is 3.83. The lowest BCUT2D eigenvalue weighted by Crippen LogP contribution is -2.35. The number of anilines is 1. The molecule has 2 aromatic rings. The Morgan fingerprint density at radius 2 is 2.15 bits per heavy atom. The number of halogens is 2. The molecule has 0 fully saturated rings. The normalized spacial score (nSPS) is 10.9. The van der Waals surface area contributed by atoms with Gasteiger partial charge in [-0.25, -0.2) is 9.67 Å². The Bertz CT molecular complexity index is 532.